The van der Waals surface area contributed by atoms with E-state index in [-0.39, 0.29) is 28.9 Å². The van der Waals surface area contributed by atoms with Crippen LogP contribution >= 0.6 is 11.6 Å². The zero-order valence-corrected chi connectivity index (χ0v) is 21.2. The highest BCUT2D eigenvalue weighted by Gasteiger charge is 2.45. The standard InChI is InChI=1S/C25H27ClF3N7O2/c1-35(9-12-6-19(21(38)20(12)37)36-3-2-14-22(30)31-10-32-24(14)36)13-4-11(5-13)23-33-17-7-15(25(27,28)29)16(26)8-18(17)34-23/h2-3,7-8,10-13,19-21,37-38H,4-6,9H2,1H3,(H,33,34)(H2,30,31,32). The maximum absolute atomic E-state index is 13.2. The van der Waals surface area contributed by atoms with E-state index in [1.807, 2.05) is 23.9 Å². The number of anilines is 1. The lowest BCUT2D eigenvalue weighted by atomic mass is 9.78. The van der Waals surface area contributed by atoms with Gasteiger partial charge in [0, 0.05) is 30.6 Å². The van der Waals surface area contributed by atoms with Gasteiger partial charge in [0.15, 0.2) is 0 Å². The number of rotatable bonds is 5. The summed E-state index contributed by atoms with van der Waals surface area (Å²) in [5.74, 6) is 0.958. The minimum absolute atomic E-state index is 0.0891. The molecule has 0 amide bonds. The second-order valence-electron chi connectivity index (χ2n) is 10.5. The van der Waals surface area contributed by atoms with Crippen LogP contribution in [0.25, 0.3) is 22.1 Å². The molecule has 202 valence electrons. The molecule has 0 radical (unpaired) electrons. The van der Waals surface area contributed by atoms with Crippen LogP contribution in [0.3, 0.4) is 0 Å². The third-order valence-corrected chi connectivity index (χ3v) is 8.52. The number of benzene rings is 1. The van der Waals surface area contributed by atoms with E-state index in [1.165, 1.54) is 12.4 Å². The summed E-state index contributed by atoms with van der Waals surface area (Å²) in [7, 11) is 1.99. The van der Waals surface area contributed by atoms with Crippen LogP contribution in [0.4, 0.5) is 19.0 Å². The SMILES string of the molecule is CN(CC1CC(n2ccc3c(N)ncnc32)C(O)C1O)C1CC(c2nc3cc(Cl)c(C(F)(F)F)cc3[nH]2)C1. The zero-order chi connectivity index (χ0) is 26.9. The lowest BCUT2D eigenvalue weighted by molar-refractivity contribution is -0.137. The number of fused-ring (bicyclic) bond motifs is 2. The number of hydrogen-bond acceptors (Lipinski definition) is 7. The Hall–Kier alpha value is -2.93. The Labute approximate surface area is 220 Å². The minimum Gasteiger partial charge on any atom is -0.390 e. The van der Waals surface area contributed by atoms with E-state index in [2.05, 4.69) is 24.8 Å². The molecule has 2 aliphatic carbocycles. The van der Waals surface area contributed by atoms with Crippen LogP contribution < -0.4 is 5.73 Å². The Morgan fingerprint density at radius 1 is 1.18 bits per heavy atom. The molecule has 0 saturated heterocycles. The Morgan fingerprint density at radius 2 is 1.95 bits per heavy atom. The van der Waals surface area contributed by atoms with E-state index < -0.39 is 23.9 Å². The average molecular weight is 550 g/mol. The van der Waals surface area contributed by atoms with Gasteiger partial charge in [0.25, 0.3) is 0 Å². The number of H-pyrrole nitrogens is 1. The van der Waals surface area contributed by atoms with E-state index in [4.69, 9.17) is 17.3 Å². The van der Waals surface area contributed by atoms with E-state index >= 15 is 0 Å². The lowest BCUT2D eigenvalue weighted by Gasteiger charge is -2.41. The largest absolute Gasteiger partial charge is 0.417 e. The van der Waals surface area contributed by atoms with Crippen LogP contribution in [-0.2, 0) is 6.18 Å². The summed E-state index contributed by atoms with van der Waals surface area (Å²) in [6.45, 7) is 0.590. The smallest absolute Gasteiger partial charge is 0.390 e. The van der Waals surface area contributed by atoms with Crippen molar-refractivity contribution >= 4 is 39.5 Å². The second-order valence-corrected chi connectivity index (χ2v) is 10.9. The van der Waals surface area contributed by atoms with Gasteiger partial charge in [-0.1, -0.05) is 11.6 Å². The number of nitrogens with two attached hydrogens (primary N) is 1. The van der Waals surface area contributed by atoms with E-state index in [1.54, 1.807) is 0 Å². The van der Waals surface area contributed by atoms with Crippen LogP contribution in [0.1, 0.15) is 42.6 Å². The van der Waals surface area contributed by atoms with Gasteiger partial charge in [0.1, 0.15) is 29.7 Å². The van der Waals surface area contributed by atoms with Crippen molar-refractivity contribution < 1.29 is 23.4 Å². The maximum Gasteiger partial charge on any atom is 0.417 e. The summed E-state index contributed by atoms with van der Waals surface area (Å²) in [6.07, 6.45) is -1.04. The number of hydrogen-bond donors (Lipinski definition) is 4. The summed E-state index contributed by atoms with van der Waals surface area (Å²) in [4.78, 5) is 18.0. The first-order chi connectivity index (χ1) is 18.0. The van der Waals surface area contributed by atoms with Crippen molar-refractivity contribution in [1.82, 2.24) is 29.4 Å². The number of nitrogens with zero attached hydrogens (tertiary/aromatic N) is 5. The summed E-state index contributed by atoms with van der Waals surface area (Å²) < 4.78 is 41.5. The number of nitrogens with one attached hydrogen (secondary N) is 1. The predicted molar refractivity (Wildman–Crippen MR) is 136 cm³/mol. The van der Waals surface area contributed by atoms with Crippen molar-refractivity contribution in [2.75, 3.05) is 19.3 Å². The van der Waals surface area contributed by atoms with Gasteiger partial charge < -0.3 is 30.4 Å². The van der Waals surface area contributed by atoms with Gasteiger partial charge in [0.2, 0.25) is 0 Å². The highest BCUT2D eigenvalue weighted by Crippen LogP contribution is 2.43. The minimum atomic E-state index is -4.53. The average Bonchev–Trinajstić information content (AvgIpc) is 3.49. The van der Waals surface area contributed by atoms with Crippen LogP contribution in [0.2, 0.25) is 5.02 Å². The number of alkyl halides is 3. The van der Waals surface area contributed by atoms with E-state index in [0.29, 0.717) is 46.7 Å². The summed E-state index contributed by atoms with van der Waals surface area (Å²) in [6, 6.07) is 3.96. The number of aliphatic hydroxyl groups excluding tert-OH is 2. The molecule has 9 nitrogen and oxygen atoms in total. The molecular formula is C25H27ClF3N7O2. The second kappa shape index (κ2) is 9.08. The van der Waals surface area contributed by atoms with Crippen LogP contribution in [0.15, 0.2) is 30.7 Å². The van der Waals surface area contributed by atoms with E-state index in [0.717, 1.165) is 18.9 Å². The quantitative estimate of drug-likeness (QED) is 0.298. The molecule has 0 spiro atoms. The molecule has 0 bridgehead atoms. The monoisotopic (exact) mass is 549 g/mol. The lowest BCUT2D eigenvalue weighted by Crippen LogP contribution is -2.45. The highest BCUT2D eigenvalue weighted by atomic mass is 35.5. The van der Waals surface area contributed by atoms with Crippen molar-refractivity contribution in [3.05, 3.63) is 47.1 Å². The van der Waals surface area contributed by atoms with Crippen molar-refractivity contribution in [1.29, 1.82) is 0 Å². The van der Waals surface area contributed by atoms with Gasteiger partial charge in [-0.25, -0.2) is 15.0 Å². The predicted octanol–water partition coefficient (Wildman–Crippen LogP) is 3.72. The van der Waals surface area contributed by atoms with Gasteiger partial charge >= 0.3 is 6.18 Å². The fourth-order valence-corrected chi connectivity index (χ4v) is 6.23. The molecular weight excluding hydrogens is 523 g/mol. The Balaban J connectivity index is 1.11. The summed E-state index contributed by atoms with van der Waals surface area (Å²) in [5, 5.41) is 22.0. The Bertz CT molecular complexity index is 1500. The number of nitrogen functional groups attached to an aromatic ring is 1. The van der Waals surface area contributed by atoms with Crippen molar-refractivity contribution in [2.45, 2.75) is 55.6 Å². The van der Waals surface area contributed by atoms with Gasteiger partial charge in [-0.3, -0.25) is 0 Å². The van der Waals surface area contributed by atoms with Crippen LogP contribution in [-0.4, -0.2) is 71.5 Å². The molecule has 4 unspecified atom stereocenters. The fraction of sp³-hybridized carbons (Fsp3) is 0.480. The molecule has 13 heteroatoms. The number of halogens is 4. The highest BCUT2D eigenvalue weighted by molar-refractivity contribution is 6.32. The number of aromatic amines is 1. The molecule has 4 atom stereocenters. The first kappa shape index (κ1) is 25.4. The molecule has 3 heterocycles. The van der Waals surface area contributed by atoms with Crippen LogP contribution in [0, 0.1) is 5.92 Å². The van der Waals surface area contributed by atoms with Gasteiger partial charge in [-0.05, 0) is 44.5 Å². The molecule has 5 N–H and O–H groups in total. The first-order valence-electron chi connectivity index (χ1n) is 12.4. The molecule has 2 aliphatic rings. The van der Waals surface area contributed by atoms with Crippen molar-refractivity contribution in [3.8, 4) is 0 Å². The van der Waals surface area contributed by atoms with Gasteiger partial charge in [-0.15, -0.1) is 0 Å². The fourth-order valence-electron chi connectivity index (χ4n) is 5.97. The van der Waals surface area contributed by atoms with Crippen LogP contribution in [0.5, 0.6) is 0 Å². The molecule has 2 saturated carbocycles. The molecule has 1 aromatic carbocycles. The van der Waals surface area contributed by atoms with Gasteiger partial charge in [0.05, 0.1) is 39.2 Å². The molecule has 4 aromatic rings. The number of imidazole rings is 1. The topological polar surface area (TPSA) is 129 Å². The third-order valence-electron chi connectivity index (χ3n) is 8.21. The van der Waals surface area contributed by atoms with Gasteiger partial charge in [-0.2, -0.15) is 13.2 Å². The van der Waals surface area contributed by atoms with Crippen molar-refractivity contribution in [2.24, 2.45) is 5.92 Å². The normalized spacial score (nSPS) is 28.0. The Morgan fingerprint density at radius 3 is 2.68 bits per heavy atom. The Kier molecular flexibility index (Phi) is 6.06. The number of aliphatic hydroxyl groups is 2. The molecule has 38 heavy (non-hydrogen) atoms. The zero-order valence-electron chi connectivity index (χ0n) is 20.4. The molecule has 0 aliphatic heterocycles. The first-order valence-corrected chi connectivity index (χ1v) is 12.8. The van der Waals surface area contributed by atoms with Crippen molar-refractivity contribution in [3.63, 3.8) is 0 Å². The number of aromatic nitrogens is 5. The maximum atomic E-state index is 13.2. The summed E-state index contributed by atoms with van der Waals surface area (Å²) in [5.41, 5.74) is 6.41. The van der Waals surface area contributed by atoms with E-state index in [9.17, 15) is 23.4 Å². The molecule has 3 aromatic heterocycles. The third kappa shape index (κ3) is 4.19. The summed E-state index contributed by atoms with van der Waals surface area (Å²) >= 11 is 5.84. The molecule has 6 rings (SSSR count). The molecule has 2 fully saturated rings.